The van der Waals surface area contributed by atoms with Gasteiger partial charge in [0.15, 0.2) is 0 Å². The normalized spacial score (nSPS) is 12.6. The number of nitrogens with one attached hydrogen (secondary N) is 3. The number of likely N-dealkylation sites (tertiary alicyclic amines) is 1. The van der Waals surface area contributed by atoms with E-state index in [4.69, 9.17) is 40.3 Å². The molecule has 0 aliphatic carbocycles. The van der Waals surface area contributed by atoms with Gasteiger partial charge in [-0.2, -0.15) is 25.1 Å². The summed E-state index contributed by atoms with van der Waals surface area (Å²) in [6.07, 6.45) is 22.5. The zero-order chi connectivity index (χ0) is 48.5. The van der Waals surface area contributed by atoms with E-state index >= 15 is 0 Å². The number of aliphatic hydroxyl groups is 1. The highest BCUT2D eigenvalue weighted by atomic mass is 16.6. The first-order valence-electron chi connectivity index (χ1n) is 21.5. The highest BCUT2D eigenvalue weighted by Gasteiger charge is 2.28. The van der Waals surface area contributed by atoms with Gasteiger partial charge in [-0.15, -0.1) is 25.7 Å². The van der Waals surface area contributed by atoms with Crippen molar-refractivity contribution in [1.29, 1.82) is 0 Å². The number of piperidine rings is 1. The molecular weight excluding hydrogens is 843 g/mol. The number of para-hydroxylation sites is 1. The molecule has 9 rings (SSSR count). The first-order valence-corrected chi connectivity index (χ1v) is 21.5. The van der Waals surface area contributed by atoms with Gasteiger partial charge in [0.05, 0.1) is 28.7 Å². The van der Waals surface area contributed by atoms with E-state index in [1.165, 1.54) is 11.1 Å². The minimum absolute atomic E-state index is 0.0996. The molecule has 1 amide bonds. The fourth-order valence-electron chi connectivity index (χ4n) is 7.23. The van der Waals surface area contributed by atoms with Gasteiger partial charge >= 0.3 is 12.2 Å². The second-order valence-corrected chi connectivity index (χ2v) is 17.7. The van der Waals surface area contributed by atoms with Crippen molar-refractivity contribution in [1.82, 2.24) is 45.3 Å². The van der Waals surface area contributed by atoms with Gasteiger partial charge in [-0.1, -0.05) is 53.7 Å². The average molecular weight is 896 g/mol. The Morgan fingerprint density at radius 3 is 1.78 bits per heavy atom. The summed E-state index contributed by atoms with van der Waals surface area (Å²) in [5.74, 6) is 10.6. The number of ether oxygens (including phenoxy) is 2. The lowest BCUT2D eigenvalue weighted by Gasteiger charge is -2.33. The topological polar surface area (TPSA) is 180 Å². The fourth-order valence-corrected chi connectivity index (χ4v) is 7.23. The van der Waals surface area contributed by atoms with E-state index in [0.717, 1.165) is 67.3 Å². The van der Waals surface area contributed by atoms with Crippen LogP contribution in [0.4, 0.5) is 9.59 Å². The number of carbonyl (C=O) groups excluding carboxylic acids is 2. The summed E-state index contributed by atoms with van der Waals surface area (Å²) in [5.41, 5.74) is 7.95. The zero-order valence-corrected chi connectivity index (χ0v) is 38.7. The number of aryl methyl sites for hydroxylation is 1. The zero-order valence-electron chi connectivity index (χ0n) is 38.7. The molecule has 1 aliphatic rings. The van der Waals surface area contributed by atoms with Gasteiger partial charge < -0.3 is 19.5 Å². The Balaban J connectivity index is 0.000000155. The summed E-state index contributed by atoms with van der Waals surface area (Å²) in [4.78, 5) is 26.1. The maximum atomic E-state index is 12.1. The minimum Gasteiger partial charge on any atom is -0.444 e. The number of aliphatic hydroxyl groups excluding tert-OH is 1. The molecule has 4 N–H and O–H groups in total. The Labute approximate surface area is 389 Å². The number of carbonyl (C=O) groups is 2. The predicted octanol–water partition coefficient (Wildman–Crippen LogP) is 9.35. The van der Waals surface area contributed by atoms with Crippen molar-refractivity contribution in [2.45, 2.75) is 85.0 Å². The molecule has 0 radical (unpaired) electrons. The number of H-pyrrole nitrogens is 3. The molecule has 1 aliphatic heterocycles. The first-order chi connectivity index (χ1) is 31.9. The molecule has 0 unspecified atom stereocenters. The summed E-state index contributed by atoms with van der Waals surface area (Å²) in [6.45, 7) is 14.4. The van der Waals surface area contributed by atoms with Crippen molar-refractivity contribution < 1.29 is 24.2 Å². The van der Waals surface area contributed by atoms with Gasteiger partial charge in [0.25, 0.3) is 0 Å². The summed E-state index contributed by atoms with van der Waals surface area (Å²) < 4.78 is 11.9. The van der Waals surface area contributed by atoms with Gasteiger partial charge in [0.2, 0.25) is 0 Å². The summed E-state index contributed by atoms with van der Waals surface area (Å²) in [5, 5.41) is 37.7. The lowest BCUT2D eigenvalue weighted by Crippen LogP contribution is -2.41. The number of amides is 1. The van der Waals surface area contributed by atoms with Gasteiger partial charge in [-0.3, -0.25) is 15.3 Å². The Bertz CT molecular complexity index is 3230. The smallest absolute Gasteiger partial charge is 0.435 e. The number of aromatic nitrogens is 8. The van der Waals surface area contributed by atoms with Crippen LogP contribution in [0.25, 0.3) is 43.6 Å². The Morgan fingerprint density at radius 1 is 0.672 bits per heavy atom. The quantitative estimate of drug-likeness (QED) is 0.123. The SMILES string of the molecule is C#Cc1[nH]nc2ccc(C)cc12.C#Cc1[nH]nc2ccc(C3CCN(C(=O)OC(C)(C)C)CC3)cc12.C#Cc1[nH]nc2ccccc12.C#Cc1nn(C(=O)OC(C)(C)C)c2ccc(CO)cc12. The van der Waals surface area contributed by atoms with Crippen LogP contribution in [0.3, 0.4) is 0 Å². The maximum Gasteiger partial charge on any atom is 0.435 e. The summed E-state index contributed by atoms with van der Waals surface area (Å²) >= 11 is 0. The number of fused-ring (bicyclic) bond motifs is 4. The van der Waals surface area contributed by atoms with Crippen molar-refractivity contribution >= 4 is 55.8 Å². The van der Waals surface area contributed by atoms with Gasteiger partial charge in [0, 0.05) is 34.6 Å². The second-order valence-electron chi connectivity index (χ2n) is 17.7. The molecule has 0 bridgehead atoms. The van der Waals surface area contributed by atoms with Crippen LogP contribution < -0.4 is 0 Å². The van der Waals surface area contributed by atoms with Crippen molar-refractivity contribution in [3.63, 3.8) is 0 Å². The maximum absolute atomic E-state index is 12.1. The van der Waals surface area contributed by atoms with Crippen LogP contribution in [0.1, 0.15) is 99.8 Å². The van der Waals surface area contributed by atoms with Gasteiger partial charge in [-0.05, 0) is 133 Å². The molecule has 14 nitrogen and oxygen atoms in total. The largest absolute Gasteiger partial charge is 0.444 e. The Kier molecular flexibility index (Phi) is 14.9. The molecule has 0 spiro atoms. The van der Waals surface area contributed by atoms with Crippen LogP contribution in [0.2, 0.25) is 0 Å². The minimum atomic E-state index is -0.614. The highest BCUT2D eigenvalue weighted by Crippen LogP contribution is 2.31. The molecule has 0 saturated carbocycles. The molecule has 67 heavy (non-hydrogen) atoms. The standard InChI is InChI=1S/C19H23N3O2.C15H16N2O3.C10H8N2.C9H6N2/c1-5-16-15-12-14(6-7-17(15)21-20-16)13-8-10-22(11-9-13)18(23)24-19(2,3)4;1-5-12-11-8-10(9-18)6-7-13(11)17(16-12)14(19)20-15(2,3)4;1-3-9-8-6-7(2)4-5-10(8)12-11-9;1-2-8-7-5-3-4-6-9(7)11-10-8/h1,6-7,12-13H,8-11H2,2-4H3,(H,20,21);1,6-8,18H,9H2,2-4H3;1,4-6H,2H3,(H,11,12);1,3-6H,(H,10,11). The molecule has 0 atom stereocenters. The van der Waals surface area contributed by atoms with E-state index in [-0.39, 0.29) is 12.7 Å². The van der Waals surface area contributed by atoms with Crippen LogP contribution in [-0.2, 0) is 16.1 Å². The van der Waals surface area contributed by atoms with Crippen molar-refractivity contribution in [2.75, 3.05) is 13.1 Å². The summed E-state index contributed by atoms with van der Waals surface area (Å²) in [7, 11) is 0. The highest BCUT2D eigenvalue weighted by molar-refractivity contribution is 5.92. The number of aromatic amines is 3. The number of terminal acetylenes is 4. The lowest BCUT2D eigenvalue weighted by atomic mass is 9.89. The Morgan fingerprint density at radius 2 is 1.21 bits per heavy atom. The number of benzene rings is 4. The van der Waals surface area contributed by atoms with Crippen LogP contribution in [0.15, 0.2) is 78.9 Å². The van der Waals surface area contributed by atoms with E-state index in [1.807, 2.05) is 76.2 Å². The number of nitrogens with zero attached hydrogens (tertiary/aromatic N) is 6. The number of hydrogen-bond donors (Lipinski definition) is 4. The monoisotopic (exact) mass is 895 g/mol. The third-order valence-electron chi connectivity index (χ3n) is 10.4. The second kappa shape index (κ2) is 20.7. The van der Waals surface area contributed by atoms with E-state index in [9.17, 15) is 9.59 Å². The predicted molar refractivity (Wildman–Crippen MR) is 262 cm³/mol. The molecule has 4 aromatic heterocycles. The van der Waals surface area contributed by atoms with Crippen molar-refractivity contribution in [2.24, 2.45) is 0 Å². The van der Waals surface area contributed by atoms with E-state index < -0.39 is 17.3 Å². The van der Waals surface area contributed by atoms with Crippen LogP contribution >= 0.6 is 0 Å². The molecule has 8 aromatic rings. The van der Waals surface area contributed by atoms with Crippen LogP contribution in [0, 0.1) is 56.3 Å². The van der Waals surface area contributed by atoms with Crippen molar-refractivity contribution in [3.8, 4) is 49.4 Å². The molecule has 1 fully saturated rings. The molecule has 4 aromatic carbocycles. The Hall–Kier alpha value is -8.30. The van der Waals surface area contributed by atoms with Crippen molar-refractivity contribution in [3.05, 3.63) is 118 Å². The molecular formula is C53H53N9O5. The molecule has 1 saturated heterocycles. The fraction of sp³-hybridized carbons (Fsp3) is 0.283. The van der Waals surface area contributed by atoms with E-state index in [0.29, 0.717) is 41.2 Å². The lowest BCUT2D eigenvalue weighted by molar-refractivity contribution is 0.0204. The molecule has 340 valence electrons. The average Bonchev–Trinajstić information content (AvgIpc) is 4.11. The van der Waals surface area contributed by atoms with E-state index in [2.05, 4.69) is 71.5 Å². The third-order valence-corrected chi connectivity index (χ3v) is 10.4. The number of rotatable bonds is 2. The third kappa shape index (κ3) is 11.9. The van der Waals surface area contributed by atoms with E-state index in [1.54, 1.807) is 43.9 Å². The number of hydrogen-bond acceptors (Lipinski definition) is 9. The molecule has 5 heterocycles. The first kappa shape index (κ1) is 48.2. The van der Waals surface area contributed by atoms with Crippen LogP contribution in [0.5, 0.6) is 0 Å². The van der Waals surface area contributed by atoms with Gasteiger partial charge in [0.1, 0.15) is 34.0 Å². The molecule has 14 heteroatoms. The van der Waals surface area contributed by atoms with Gasteiger partial charge in [-0.25, -0.2) is 9.59 Å². The summed E-state index contributed by atoms with van der Waals surface area (Å²) in [6, 6.07) is 25.1. The van der Waals surface area contributed by atoms with Crippen LogP contribution in [-0.4, -0.2) is 86.9 Å².